The molecule has 1 heterocycles. The smallest absolute Gasteiger partial charge is 0.135 e. The molecule has 1 aromatic heterocycles. The Labute approximate surface area is 355 Å². The quantitative estimate of drug-likeness (QED) is 0.160. The predicted octanol–water partition coefficient (Wildman–Crippen LogP) is 15.9. The normalized spacial score (nSPS) is 14.3. The van der Waals surface area contributed by atoms with E-state index in [0.29, 0.717) is 0 Å². The summed E-state index contributed by atoms with van der Waals surface area (Å²) in [4.78, 5) is 2.41. The predicted molar refractivity (Wildman–Crippen MR) is 254 cm³/mol. The molecule has 2 nitrogen and oxygen atoms in total. The molecule has 0 aliphatic heterocycles. The van der Waals surface area contributed by atoms with E-state index in [0.717, 1.165) is 39.0 Å². The molecule has 0 N–H and O–H groups in total. The first-order valence-corrected chi connectivity index (χ1v) is 21.0. The summed E-state index contributed by atoms with van der Waals surface area (Å²) in [5, 5.41) is 4.74. The minimum absolute atomic E-state index is 0.600. The molecule has 10 aromatic carbocycles. The molecule has 2 heteroatoms. The third-order valence-corrected chi connectivity index (χ3v) is 12.8. The Balaban J connectivity index is 1.08. The summed E-state index contributed by atoms with van der Waals surface area (Å²) >= 11 is 0. The molecule has 0 radical (unpaired) electrons. The van der Waals surface area contributed by atoms with Gasteiger partial charge in [0.25, 0.3) is 0 Å². The van der Waals surface area contributed by atoms with Crippen LogP contribution >= 0.6 is 0 Å². The molecular formula is C59H39NO. The fraction of sp³-hybridized carbons (Fsp3) is 0.0169. The summed E-state index contributed by atoms with van der Waals surface area (Å²) in [5.74, 6) is 0. The average molecular weight is 778 g/mol. The van der Waals surface area contributed by atoms with Crippen LogP contribution in [-0.2, 0) is 5.41 Å². The molecule has 1 atom stereocenters. The zero-order valence-corrected chi connectivity index (χ0v) is 33.4. The molecule has 0 saturated carbocycles. The van der Waals surface area contributed by atoms with Gasteiger partial charge < -0.3 is 9.32 Å². The number of anilines is 3. The van der Waals surface area contributed by atoms with E-state index >= 15 is 0 Å². The van der Waals surface area contributed by atoms with Gasteiger partial charge in [-0.1, -0.05) is 182 Å². The van der Waals surface area contributed by atoms with E-state index in [2.05, 4.69) is 235 Å². The SMILES string of the molecule is c1ccc(-c2ccc(N(c3ccc(-c4cccc5ccccc45)cc3)c3ccc4c(c3)C(c3ccccc3)(c3ccc5oc6ccccc6c5c3)c3ccccc3-4)cc2)cc1. The minimum atomic E-state index is -0.600. The molecule has 0 amide bonds. The standard InChI is InChI=1S/C59H39NO/c1-3-14-40(15-4-1)41-26-31-46(32-27-41)60(47-33-28-43(29-34-47)50-23-13-17-42-16-7-8-20-49(42)50)48-35-36-52-51-21-9-11-24-55(51)59(56(52)39-48,44-18-5-2-6-19-44)45-30-37-58-54(38-45)53-22-10-12-25-57(53)61-58/h1-39H. The number of hydrogen-bond acceptors (Lipinski definition) is 2. The van der Waals surface area contributed by atoms with Crippen LogP contribution in [0, 0.1) is 0 Å². The van der Waals surface area contributed by atoms with Crippen LogP contribution < -0.4 is 4.90 Å². The average Bonchev–Trinajstić information content (AvgIpc) is 3.86. The fourth-order valence-corrected chi connectivity index (χ4v) is 9.99. The maximum atomic E-state index is 6.38. The second kappa shape index (κ2) is 14.1. The Morgan fingerprint density at radius 2 is 0.885 bits per heavy atom. The van der Waals surface area contributed by atoms with E-state index < -0.39 is 5.41 Å². The second-order valence-corrected chi connectivity index (χ2v) is 16.0. The first kappa shape index (κ1) is 35.0. The summed E-state index contributed by atoms with van der Waals surface area (Å²) in [6, 6.07) is 86.2. The summed E-state index contributed by atoms with van der Waals surface area (Å²) in [5.41, 5.74) is 16.7. The van der Waals surface area contributed by atoms with Gasteiger partial charge in [-0.15, -0.1) is 0 Å². The van der Waals surface area contributed by atoms with Crippen LogP contribution in [0.15, 0.2) is 241 Å². The number of benzene rings is 10. The van der Waals surface area contributed by atoms with Gasteiger partial charge in [-0.05, 0) is 121 Å². The van der Waals surface area contributed by atoms with E-state index in [9.17, 15) is 0 Å². The van der Waals surface area contributed by atoms with Gasteiger partial charge in [0, 0.05) is 27.8 Å². The van der Waals surface area contributed by atoms with Crippen LogP contribution in [0.1, 0.15) is 22.3 Å². The van der Waals surface area contributed by atoms with Crippen molar-refractivity contribution in [3.05, 3.63) is 259 Å². The van der Waals surface area contributed by atoms with E-state index in [1.807, 2.05) is 6.07 Å². The van der Waals surface area contributed by atoms with Crippen molar-refractivity contribution >= 4 is 49.8 Å². The summed E-state index contributed by atoms with van der Waals surface area (Å²) in [6.45, 7) is 0. The lowest BCUT2D eigenvalue weighted by Crippen LogP contribution is -2.28. The molecule has 0 fully saturated rings. The third kappa shape index (κ3) is 5.57. The second-order valence-electron chi connectivity index (χ2n) is 16.0. The first-order valence-electron chi connectivity index (χ1n) is 21.0. The van der Waals surface area contributed by atoms with E-state index in [4.69, 9.17) is 4.42 Å². The summed E-state index contributed by atoms with van der Waals surface area (Å²) in [7, 11) is 0. The van der Waals surface area contributed by atoms with Crippen molar-refractivity contribution in [2.45, 2.75) is 5.41 Å². The molecular weight excluding hydrogens is 739 g/mol. The lowest BCUT2D eigenvalue weighted by molar-refractivity contribution is 0.668. The Morgan fingerprint density at radius 1 is 0.311 bits per heavy atom. The molecule has 0 spiro atoms. The highest BCUT2D eigenvalue weighted by molar-refractivity contribution is 6.05. The Hall–Kier alpha value is -7.94. The zero-order chi connectivity index (χ0) is 40.3. The lowest BCUT2D eigenvalue weighted by Gasteiger charge is -2.35. The monoisotopic (exact) mass is 777 g/mol. The zero-order valence-electron chi connectivity index (χ0n) is 33.4. The number of fused-ring (bicyclic) bond motifs is 7. The van der Waals surface area contributed by atoms with Crippen molar-refractivity contribution in [2.75, 3.05) is 4.90 Å². The number of hydrogen-bond donors (Lipinski definition) is 0. The highest BCUT2D eigenvalue weighted by Crippen LogP contribution is 2.58. The first-order chi connectivity index (χ1) is 30.2. The molecule has 12 rings (SSSR count). The largest absolute Gasteiger partial charge is 0.456 e. The fourth-order valence-electron chi connectivity index (χ4n) is 9.99. The number of nitrogens with zero attached hydrogens (tertiary/aromatic N) is 1. The highest BCUT2D eigenvalue weighted by Gasteiger charge is 2.46. The van der Waals surface area contributed by atoms with Crippen LogP contribution in [0.5, 0.6) is 0 Å². The Bertz CT molecular complexity index is 3400. The maximum absolute atomic E-state index is 6.38. The molecule has 1 aliphatic carbocycles. The van der Waals surface area contributed by atoms with Gasteiger partial charge in [-0.25, -0.2) is 0 Å². The maximum Gasteiger partial charge on any atom is 0.135 e. The van der Waals surface area contributed by atoms with E-state index in [1.165, 1.54) is 66.4 Å². The van der Waals surface area contributed by atoms with Gasteiger partial charge in [0.1, 0.15) is 11.2 Å². The van der Waals surface area contributed by atoms with E-state index in [1.54, 1.807) is 0 Å². The van der Waals surface area contributed by atoms with Crippen molar-refractivity contribution in [2.24, 2.45) is 0 Å². The van der Waals surface area contributed by atoms with Crippen molar-refractivity contribution in [3.8, 4) is 33.4 Å². The molecule has 11 aromatic rings. The van der Waals surface area contributed by atoms with Crippen LogP contribution in [0.4, 0.5) is 17.1 Å². The van der Waals surface area contributed by atoms with Gasteiger partial charge in [0.2, 0.25) is 0 Å². The Kier molecular flexibility index (Phi) is 8.11. The van der Waals surface area contributed by atoms with Gasteiger partial charge in [-0.2, -0.15) is 0 Å². The molecule has 61 heavy (non-hydrogen) atoms. The molecule has 1 unspecified atom stereocenters. The van der Waals surface area contributed by atoms with Crippen LogP contribution in [0.25, 0.3) is 66.1 Å². The number of para-hydroxylation sites is 1. The van der Waals surface area contributed by atoms with Gasteiger partial charge in [0.05, 0.1) is 5.41 Å². The molecule has 0 saturated heterocycles. The lowest BCUT2D eigenvalue weighted by atomic mass is 9.67. The Morgan fingerprint density at radius 3 is 1.69 bits per heavy atom. The topological polar surface area (TPSA) is 16.4 Å². The third-order valence-electron chi connectivity index (χ3n) is 12.8. The summed E-state index contributed by atoms with van der Waals surface area (Å²) in [6.07, 6.45) is 0. The van der Waals surface area contributed by atoms with E-state index in [-0.39, 0.29) is 0 Å². The molecule has 1 aliphatic rings. The van der Waals surface area contributed by atoms with Crippen LogP contribution in [0.3, 0.4) is 0 Å². The minimum Gasteiger partial charge on any atom is -0.456 e. The van der Waals surface area contributed by atoms with Crippen molar-refractivity contribution in [3.63, 3.8) is 0 Å². The number of furan rings is 1. The van der Waals surface area contributed by atoms with Crippen molar-refractivity contribution < 1.29 is 4.42 Å². The van der Waals surface area contributed by atoms with Crippen molar-refractivity contribution in [1.82, 2.24) is 0 Å². The number of rotatable bonds is 7. The molecule has 286 valence electrons. The van der Waals surface area contributed by atoms with Gasteiger partial charge in [-0.3, -0.25) is 0 Å². The van der Waals surface area contributed by atoms with Crippen LogP contribution in [-0.4, -0.2) is 0 Å². The van der Waals surface area contributed by atoms with Crippen LogP contribution in [0.2, 0.25) is 0 Å². The highest BCUT2D eigenvalue weighted by atomic mass is 16.3. The van der Waals surface area contributed by atoms with Gasteiger partial charge >= 0.3 is 0 Å². The van der Waals surface area contributed by atoms with Crippen molar-refractivity contribution in [1.29, 1.82) is 0 Å². The molecule has 0 bridgehead atoms. The van der Waals surface area contributed by atoms with Gasteiger partial charge in [0.15, 0.2) is 0 Å². The summed E-state index contributed by atoms with van der Waals surface area (Å²) < 4.78 is 6.38.